The number of rotatable bonds is 6. The molecule has 2 amide bonds. The maximum Gasteiger partial charge on any atom is 0.253 e. The summed E-state index contributed by atoms with van der Waals surface area (Å²) in [5, 5.41) is 11.4. The van der Waals surface area contributed by atoms with Crippen LogP contribution in [0.25, 0.3) is 5.32 Å². The van der Waals surface area contributed by atoms with E-state index >= 15 is 0 Å². The van der Waals surface area contributed by atoms with E-state index in [0.29, 0.717) is 19.1 Å². The van der Waals surface area contributed by atoms with Gasteiger partial charge in [0.25, 0.3) is 11.6 Å². The monoisotopic (exact) mass is 718 g/mol. The molecule has 1 aliphatic carbocycles. The maximum atomic E-state index is 13.9. The second kappa shape index (κ2) is 9.36. The molecule has 3 atom stereocenters. The minimum absolute atomic E-state index is 0. The molecule has 1 aromatic carbocycles. The van der Waals surface area contributed by atoms with Crippen LogP contribution in [0.2, 0.25) is 0 Å². The Morgan fingerprint density at radius 1 is 1.19 bits per heavy atom. The molecule has 3 heterocycles. The number of amides is 2. The normalized spacial score (nSPS) is 25.5. The van der Waals surface area contributed by atoms with Gasteiger partial charge in [0.15, 0.2) is 12.4 Å². The zero-order valence-corrected chi connectivity index (χ0v) is 24.5. The van der Waals surface area contributed by atoms with Gasteiger partial charge >= 0.3 is 0 Å². The smallest absolute Gasteiger partial charge is 0.253 e. The molecule has 2 N–H and O–H groups in total. The van der Waals surface area contributed by atoms with Gasteiger partial charge in [-0.05, 0) is 42.0 Å². The molecule has 3 unspecified atom stereocenters. The van der Waals surface area contributed by atoms with E-state index in [0.717, 1.165) is 24.1 Å². The first-order valence-electron chi connectivity index (χ1n) is 12.8. The zero-order valence-electron chi connectivity index (χ0n) is 21.6. The number of fused-ring (bicyclic) bond motifs is 2. The Kier molecular flexibility index (Phi) is 6.58. The Bertz CT molecular complexity index is 1110. The third-order valence-corrected chi connectivity index (χ3v) is 7.44. The van der Waals surface area contributed by atoms with Gasteiger partial charge in [-0.3, -0.25) is 19.8 Å². The van der Waals surface area contributed by atoms with Crippen molar-refractivity contribution < 1.29 is 14.2 Å². The first-order chi connectivity index (χ1) is 16.7. The number of anilines is 1. The van der Waals surface area contributed by atoms with Crippen molar-refractivity contribution in [1.29, 1.82) is 0 Å². The quantitative estimate of drug-likeness (QED) is 0.449. The van der Waals surface area contributed by atoms with Crippen molar-refractivity contribution in [3.05, 3.63) is 65.2 Å². The van der Waals surface area contributed by atoms with Gasteiger partial charge in [0.05, 0.1) is 6.54 Å². The second-order valence-corrected chi connectivity index (χ2v) is 11.4. The number of carbonyl (C=O) groups excluding carboxylic acids is 2. The molecule has 36 heavy (non-hydrogen) atoms. The Morgan fingerprint density at radius 3 is 2.53 bits per heavy atom. The molecule has 2 bridgehead atoms. The van der Waals surface area contributed by atoms with Crippen molar-refractivity contribution in [2.24, 2.45) is 0 Å². The molecule has 0 spiro atoms. The van der Waals surface area contributed by atoms with E-state index in [1.165, 1.54) is 18.4 Å². The summed E-state index contributed by atoms with van der Waals surface area (Å²) < 4.78 is 2.06. The Hall–Kier alpha value is -3.77. The number of pyridine rings is 1. The van der Waals surface area contributed by atoms with Crippen LogP contribution in [0.4, 0.5) is 5.69 Å². The van der Waals surface area contributed by atoms with Crippen molar-refractivity contribution in [2.45, 2.75) is 82.6 Å². The summed E-state index contributed by atoms with van der Waals surface area (Å²) in [7, 11) is 0. The van der Waals surface area contributed by atoms with E-state index in [1.54, 1.807) is 4.90 Å². The van der Waals surface area contributed by atoms with Crippen LogP contribution in [0.15, 0.2) is 48.8 Å². The minimum atomic E-state index is -0.769. The summed E-state index contributed by atoms with van der Waals surface area (Å²) >= 11 is 0. The van der Waals surface area contributed by atoms with Crippen molar-refractivity contribution in [2.75, 3.05) is 18.0 Å². The number of hydrogen-bond donors (Lipinski definition) is 2. The van der Waals surface area contributed by atoms with Crippen molar-refractivity contribution in [3.8, 4) is 0 Å². The van der Waals surface area contributed by atoms with E-state index in [2.05, 4.69) is 53.4 Å². The fraction of sp³-hybridized carbons (Fsp3) is 0.536. The Morgan fingerprint density at radius 2 is 1.92 bits per heavy atom. The second-order valence-electron chi connectivity index (χ2n) is 11.4. The van der Waals surface area contributed by atoms with Gasteiger partial charge in [-0.25, -0.2) is 0 Å². The first kappa shape index (κ1) is 25.3. The molecule has 1 aromatic heterocycles. The predicted molar refractivity (Wildman–Crippen MR) is 136 cm³/mol. The molecule has 2 aromatic rings. The number of carbonyl (C=O) groups is 2. The number of aromatic nitrogens is 1. The topological polar surface area (TPSA) is 79.4 Å². The summed E-state index contributed by atoms with van der Waals surface area (Å²) in [6.45, 7) is 9.85. The molecular weight excluding hydrogens is 685 g/mol. The van der Waals surface area contributed by atoms with Crippen LogP contribution in [0, 0.1) is 0 Å². The maximum absolute atomic E-state index is 13.9. The molecule has 7 nitrogen and oxygen atoms in total. The molecule has 194 valence electrons. The van der Waals surface area contributed by atoms with Crippen LogP contribution in [0.1, 0.15) is 70.5 Å². The van der Waals surface area contributed by atoms with Gasteiger partial charge < -0.3 is 10.6 Å². The van der Waals surface area contributed by atoms with Gasteiger partial charge in [-0.2, -0.15) is 4.57 Å². The Labute approximate surface area is 208 Å². The molecule has 8 heteroatoms. The third-order valence-electron chi connectivity index (χ3n) is 7.44. The van der Waals surface area contributed by atoms with E-state index in [9.17, 15) is 9.59 Å². The van der Waals surface area contributed by atoms with Gasteiger partial charge in [-0.15, -0.1) is 6.54 Å². The van der Waals surface area contributed by atoms with Gasteiger partial charge in [0.1, 0.15) is 6.04 Å². The zero-order chi connectivity index (χ0) is 24.8. The fourth-order valence-corrected chi connectivity index (χ4v) is 5.06. The molecule has 3 aliphatic rings. The molecule has 0 radical (unpaired) electrons. The van der Waals surface area contributed by atoms with Crippen LogP contribution >= 0.6 is 0 Å². The average molecular weight is 723 g/mol. The number of nitrogens with zero attached hydrogens (tertiary/aromatic N) is 3. The van der Waals surface area contributed by atoms with Gasteiger partial charge in [0.2, 0.25) is 5.91 Å². The first-order valence-corrected chi connectivity index (χ1v) is 12.8. The van der Waals surface area contributed by atoms with Crippen LogP contribution in [0.3, 0.4) is 0 Å². The molecule has 2 fully saturated rings. The van der Waals surface area contributed by atoms with Crippen molar-refractivity contribution in [3.63, 3.8) is 0 Å². The molecular formula is C28H37CmN5O2. The summed E-state index contributed by atoms with van der Waals surface area (Å²) in [5.74, 6) is -0.286. The summed E-state index contributed by atoms with van der Waals surface area (Å²) in [5.41, 5.74) is 2.06. The number of benzene rings is 1. The van der Waals surface area contributed by atoms with Gasteiger partial charge in [-0.1, -0.05) is 51.8 Å². The fourth-order valence-electron chi connectivity index (χ4n) is 5.06. The summed E-state index contributed by atoms with van der Waals surface area (Å²) in [4.78, 5) is 29.5. The average Bonchev–Trinajstić information content (AvgIpc) is 3.51. The van der Waals surface area contributed by atoms with Crippen LogP contribution < -0.4 is 20.1 Å². The van der Waals surface area contributed by atoms with E-state index in [-0.39, 0.29) is 17.2 Å². The standard InChI is InChI=1S/C28H37N5O2.Cm/c1-27(2,3)20-9-13-22(14-10-20)33(26(35)23-8-5-15-29-23)24-19-7-6-16-32(17-19)28(4,31-25(24)34)18-30-21-11-12-21;/h6-7,9-10,13-14,16-17,21,23-24,30H,5,8,11-12,15,18H2,1-4H3,(H,31,34);. The van der Waals surface area contributed by atoms with Crippen molar-refractivity contribution >= 4 is 17.5 Å². The predicted octanol–water partition coefficient (Wildman–Crippen LogP) is 3.44. The largest absolute Gasteiger partial charge is 0.652 e. The molecule has 1 saturated carbocycles. The van der Waals surface area contributed by atoms with Crippen molar-refractivity contribution in [1.82, 2.24) is 10.6 Å². The third kappa shape index (κ3) is 4.82. The minimum Gasteiger partial charge on any atom is -0.652 e. The van der Waals surface area contributed by atoms with E-state index < -0.39 is 17.7 Å². The van der Waals surface area contributed by atoms with E-state index in [4.69, 9.17) is 0 Å². The van der Waals surface area contributed by atoms with E-state index in [1.807, 2.05) is 43.6 Å². The van der Waals surface area contributed by atoms with Crippen LogP contribution in [-0.4, -0.2) is 37.0 Å². The summed E-state index contributed by atoms with van der Waals surface area (Å²) in [6, 6.07) is 11.3. The van der Waals surface area contributed by atoms with Gasteiger partial charge in [0, 0.05) is 30.3 Å². The van der Waals surface area contributed by atoms with Crippen LogP contribution in [-0.2, 0) is 20.7 Å². The summed E-state index contributed by atoms with van der Waals surface area (Å²) in [6.07, 6.45) is 7.97. The Balaban J connectivity index is 0.00000304. The number of nitrogens with one attached hydrogen (secondary N) is 2. The molecule has 1 saturated heterocycles. The molecule has 5 rings (SSSR count). The SMILES string of the molecule is CC(C)(C)c1ccc(N(C(=O)C2CCC[N-]2)C2C(=O)NC(C)(CNC3CC3)[n+]3cccc2c3)cc1.[Cm]. The number of hydrogen-bond acceptors (Lipinski definition) is 3. The molecule has 2 aliphatic heterocycles. The van der Waals surface area contributed by atoms with Crippen LogP contribution in [0.5, 0.6) is 0 Å².